The average Bonchev–Trinajstić information content (AvgIpc) is 2.87. The average molecular weight is 524 g/mol. The van der Waals surface area contributed by atoms with E-state index in [4.69, 9.17) is 33.5 Å². The molecule has 36 heavy (non-hydrogen) atoms. The van der Waals surface area contributed by atoms with Crippen LogP contribution < -0.4 is 0 Å². The van der Waals surface area contributed by atoms with Crippen molar-refractivity contribution in [3.05, 3.63) is 0 Å². The fraction of sp³-hybridized carbons (Fsp3) is 0.963. The van der Waals surface area contributed by atoms with E-state index < -0.39 is 5.97 Å². The van der Waals surface area contributed by atoms with Crippen molar-refractivity contribution in [2.75, 3.05) is 100 Å². The van der Waals surface area contributed by atoms with Crippen LogP contribution in [-0.4, -0.2) is 116 Å². The molecule has 0 aliphatic heterocycles. The van der Waals surface area contributed by atoms with E-state index >= 15 is 0 Å². The molecule has 0 amide bonds. The van der Waals surface area contributed by atoms with Crippen LogP contribution in [0.3, 0.4) is 0 Å². The van der Waals surface area contributed by atoms with Crippen molar-refractivity contribution in [2.24, 2.45) is 0 Å². The van der Waals surface area contributed by atoms with Crippen molar-refractivity contribution in [1.29, 1.82) is 0 Å². The molecule has 0 unspecified atom stereocenters. The normalized spacial score (nSPS) is 11.0. The van der Waals surface area contributed by atoms with Crippen LogP contribution in [0.5, 0.6) is 0 Å². The van der Waals surface area contributed by atoms with Gasteiger partial charge in [0.2, 0.25) is 0 Å². The van der Waals surface area contributed by atoms with Crippen molar-refractivity contribution in [2.45, 2.75) is 71.1 Å². The summed E-state index contributed by atoms with van der Waals surface area (Å²) in [5.74, 6) is -0.659. The van der Waals surface area contributed by atoms with Crippen molar-refractivity contribution < 1.29 is 38.3 Å². The van der Waals surface area contributed by atoms with Crippen molar-refractivity contribution in [1.82, 2.24) is 4.90 Å². The predicted molar refractivity (Wildman–Crippen MR) is 144 cm³/mol. The van der Waals surface area contributed by atoms with Gasteiger partial charge in [0.05, 0.1) is 59.5 Å². The van der Waals surface area contributed by atoms with E-state index in [0.717, 1.165) is 32.5 Å². The Bertz CT molecular complexity index is 382. The van der Waals surface area contributed by atoms with E-state index in [-0.39, 0.29) is 0 Å². The molecule has 0 bridgehead atoms. The molecule has 0 radical (unpaired) electrons. The minimum Gasteiger partial charge on any atom is -0.481 e. The minimum absolute atomic E-state index is 0.343. The van der Waals surface area contributed by atoms with Crippen LogP contribution >= 0.6 is 0 Å². The first-order valence-electron chi connectivity index (χ1n) is 13.8. The molecule has 0 atom stereocenters. The molecule has 9 nitrogen and oxygen atoms in total. The highest BCUT2D eigenvalue weighted by Gasteiger charge is 2.05. The zero-order valence-corrected chi connectivity index (χ0v) is 23.8. The third-order valence-corrected chi connectivity index (χ3v) is 5.45. The highest BCUT2D eigenvalue weighted by molar-refractivity contribution is 5.66. The molecule has 0 saturated heterocycles. The van der Waals surface area contributed by atoms with E-state index in [1.54, 1.807) is 21.3 Å². The lowest BCUT2D eigenvalue weighted by Crippen LogP contribution is -2.34. The Morgan fingerprint density at radius 3 is 1.25 bits per heavy atom. The SMILES string of the molecule is CCCCCCCCCCCC(=O)O.COCCOCCN(CCOCCOC)CCOCCOC. The van der Waals surface area contributed by atoms with E-state index in [9.17, 15) is 4.79 Å². The van der Waals surface area contributed by atoms with E-state index in [1.165, 1.54) is 44.9 Å². The van der Waals surface area contributed by atoms with Crippen molar-refractivity contribution >= 4 is 5.97 Å². The Hall–Kier alpha value is -0.810. The number of carboxylic acid groups (broad SMARTS) is 1. The summed E-state index contributed by atoms with van der Waals surface area (Å²) in [6, 6.07) is 0. The minimum atomic E-state index is -0.659. The molecule has 0 aromatic rings. The summed E-state index contributed by atoms with van der Waals surface area (Å²) in [6.07, 6.45) is 11.5. The molecule has 0 fully saturated rings. The molecule has 0 aromatic carbocycles. The van der Waals surface area contributed by atoms with Gasteiger partial charge in [-0.05, 0) is 6.42 Å². The second-order valence-electron chi connectivity index (χ2n) is 8.63. The molecule has 0 aliphatic carbocycles. The first-order valence-corrected chi connectivity index (χ1v) is 13.8. The maximum atomic E-state index is 10.2. The number of methoxy groups -OCH3 is 3. The molecule has 0 heterocycles. The van der Waals surface area contributed by atoms with Crippen LogP contribution in [0.2, 0.25) is 0 Å². The van der Waals surface area contributed by atoms with Gasteiger partial charge in [0.25, 0.3) is 0 Å². The number of hydrogen-bond donors (Lipinski definition) is 1. The Morgan fingerprint density at radius 2 is 0.917 bits per heavy atom. The summed E-state index contributed by atoms with van der Waals surface area (Å²) in [4.78, 5) is 12.5. The maximum Gasteiger partial charge on any atom is 0.303 e. The molecule has 1 N–H and O–H groups in total. The fourth-order valence-electron chi connectivity index (χ4n) is 3.24. The Kier molecular flexibility index (Phi) is 35.5. The predicted octanol–water partition coefficient (Wildman–Crippen LogP) is 4.27. The molecular formula is C27H57NO8. The maximum absolute atomic E-state index is 10.2. The molecule has 0 aliphatic rings. The van der Waals surface area contributed by atoms with E-state index in [2.05, 4.69) is 11.8 Å². The first kappa shape index (κ1) is 37.3. The van der Waals surface area contributed by atoms with Gasteiger partial charge in [-0.1, -0.05) is 58.3 Å². The van der Waals surface area contributed by atoms with Crippen LogP contribution in [0.25, 0.3) is 0 Å². The number of carboxylic acids is 1. The zero-order chi connectivity index (χ0) is 27.0. The Balaban J connectivity index is 0. The molecule has 9 heteroatoms. The molecule has 0 spiro atoms. The van der Waals surface area contributed by atoms with Crippen LogP contribution in [0.4, 0.5) is 0 Å². The van der Waals surface area contributed by atoms with Gasteiger partial charge < -0.3 is 33.5 Å². The molecular weight excluding hydrogens is 466 g/mol. The van der Waals surface area contributed by atoms with Crippen LogP contribution in [0.1, 0.15) is 71.1 Å². The lowest BCUT2D eigenvalue weighted by atomic mass is 10.1. The highest BCUT2D eigenvalue weighted by Crippen LogP contribution is 2.10. The monoisotopic (exact) mass is 523 g/mol. The van der Waals surface area contributed by atoms with Gasteiger partial charge in [0, 0.05) is 47.4 Å². The number of aliphatic carboxylic acids is 1. The fourth-order valence-corrected chi connectivity index (χ4v) is 3.24. The summed E-state index contributed by atoms with van der Waals surface area (Å²) in [7, 11) is 5.01. The Labute approximate surface area is 221 Å². The smallest absolute Gasteiger partial charge is 0.303 e. The molecule has 0 rings (SSSR count). The summed E-state index contributed by atoms with van der Waals surface area (Å²) in [5.41, 5.74) is 0. The number of unbranched alkanes of at least 4 members (excludes halogenated alkanes) is 8. The third kappa shape index (κ3) is 35.4. The largest absolute Gasteiger partial charge is 0.481 e. The van der Waals surface area contributed by atoms with Gasteiger partial charge in [-0.2, -0.15) is 0 Å². The summed E-state index contributed by atoms with van der Waals surface area (Å²) >= 11 is 0. The molecule has 0 aromatic heterocycles. The summed E-state index contributed by atoms with van der Waals surface area (Å²) < 4.78 is 31.4. The zero-order valence-electron chi connectivity index (χ0n) is 23.8. The molecule has 218 valence electrons. The van der Waals surface area contributed by atoms with Gasteiger partial charge in [-0.15, -0.1) is 0 Å². The Morgan fingerprint density at radius 1 is 0.556 bits per heavy atom. The number of rotatable bonds is 28. The van der Waals surface area contributed by atoms with Crippen LogP contribution in [0, 0.1) is 0 Å². The van der Waals surface area contributed by atoms with Gasteiger partial charge in [0.15, 0.2) is 0 Å². The van der Waals surface area contributed by atoms with Gasteiger partial charge in [-0.25, -0.2) is 0 Å². The number of nitrogens with zero attached hydrogens (tertiary/aromatic N) is 1. The lowest BCUT2D eigenvalue weighted by Gasteiger charge is -2.22. The first-order chi connectivity index (χ1) is 17.6. The molecule has 0 saturated carbocycles. The third-order valence-electron chi connectivity index (χ3n) is 5.45. The van der Waals surface area contributed by atoms with E-state index in [1.807, 2.05) is 0 Å². The number of carbonyl (C=O) groups is 1. The van der Waals surface area contributed by atoms with Crippen molar-refractivity contribution in [3.63, 3.8) is 0 Å². The summed E-state index contributed by atoms with van der Waals surface area (Å²) in [5, 5.41) is 8.41. The standard InChI is InChI=1S/C15H33NO6.C12H24O2/c1-17-10-13-20-7-4-16(5-8-21-14-11-18-2)6-9-22-15-12-19-3;1-2-3-4-5-6-7-8-9-10-11-12(13)14/h4-15H2,1-3H3;2-11H2,1H3,(H,13,14). The van der Waals surface area contributed by atoms with Crippen LogP contribution in [0.15, 0.2) is 0 Å². The van der Waals surface area contributed by atoms with Gasteiger partial charge in [-0.3, -0.25) is 9.69 Å². The second-order valence-corrected chi connectivity index (χ2v) is 8.63. The number of hydrogen-bond acceptors (Lipinski definition) is 8. The van der Waals surface area contributed by atoms with Gasteiger partial charge in [0.1, 0.15) is 0 Å². The second kappa shape index (κ2) is 34.2. The lowest BCUT2D eigenvalue weighted by molar-refractivity contribution is -0.137. The topological polar surface area (TPSA) is 95.9 Å². The van der Waals surface area contributed by atoms with Crippen LogP contribution in [-0.2, 0) is 33.2 Å². The van der Waals surface area contributed by atoms with Gasteiger partial charge >= 0.3 is 5.97 Å². The highest BCUT2D eigenvalue weighted by atomic mass is 16.5. The summed E-state index contributed by atoms with van der Waals surface area (Å²) in [6.45, 7) is 10.6. The van der Waals surface area contributed by atoms with E-state index in [0.29, 0.717) is 65.9 Å². The quantitative estimate of drug-likeness (QED) is 0.151. The van der Waals surface area contributed by atoms with Crippen molar-refractivity contribution in [3.8, 4) is 0 Å². The number of ether oxygens (including phenoxy) is 6.